The van der Waals surface area contributed by atoms with E-state index in [9.17, 15) is 4.39 Å². The highest BCUT2D eigenvalue weighted by molar-refractivity contribution is 5.56. The molecule has 0 atom stereocenters. The Morgan fingerprint density at radius 1 is 1.11 bits per heavy atom. The lowest BCUT2D eigenvalue weighted by molar-refractivity contribution is -0.0257. The van der Waals surface area contributed by atoms with Crippen LogP contribution in [0.25, 0.3) is 17.1 Å². The lowest BCUT2D eigenvalue weighted by Gasteiger charge is -2.17. The van der Waals surface area contributed by atoms with Gasteiger partial charge in [0.2, 0.25) is 5.85 Å². The predicted molar refractivity (Wildman–Crippen MR) is 109 cm³/mol. The van der Waals surface area contributed by atoms with Crippen molar-refractivity contribution >= 4 is 0 Å². The maximum Gasteiger partial charge on any atom is 0.242 e. The number of aromatic nitrogens is 3. The minimum Gasteiger partial charge on any atom is -0.459 e. The number of unbranched alkanes of at least 4 members (excludes halogenated alkanes) is 1. The fourth-order valence-electron chi connectivity index (χ4n) is 2.96. The van der Waals surface area contributed by atoms with Crippen LogP contribution in [0.5, 0.6) is 5.75 Å². The molecule has 0 aliphatic rings. The van der Waals surface area contributed by atoms with Crippen molar-refractivity contribution in [2.45, 2.75) is 39.0 Å². The molecule has 0 aliphatic heterocycles. The van der Waals surface area contributed by atoms with Crippen LogP contribution in [0.15, 0.2) is 54.9 Å². The van der Waals surface area contributed by atoms with Crippen molar-refractivity contribution in [3.05, 3.63) is 60.4 Å². The van der Waals surface area contributed by atoms with Gasteiger partial charge in [0.05, 0.1) is 5.69 Å². The summed E-state index contributed by atoms with van der Waals surface area (Å²) in [7, 11) is 1.98. The van der Waals surface area contributed by atoms with E-state index in [1.807, 2.05) is 31.3 Å². The third kappa shape index (κ3) is 5.63. The molecule has 0 spiro atoms. The smallest absolute Gasteiger partial charge is 0.242 e. The van der Waals surface area contributed by atoms with Crippen molar-refractivity contribution in [2.75, 3.05) is 13.6 Å². The SMILES string of the molecule is CNCCCCc1cccc(-c2ncn(-c3ccc(OC(C)(C)F)cc3)n2)c1. The van der Waals surface area contributed by atoms with Gasteiger partial charge in [0, 0.05) is 19.4 Å². The zero-order valence-corrected chi connectivity index (χ0v) is 16.7. The Morgan fingerprint density at radius 3 is 2.61 bits per heavy atom. The lowest BCUT2D eigenvalue weighted by atomic mass is 10.0. The fraction of sp³-hybridized carbons (Fsp3) is 0.364. The molecule has 6 heteroatoms. The molecule has 28 heavy (non-hydrogen) atoms. The van der Waals surface area contributed by atoms with Crippen molar-refractivity contribution in [2.24, 2.45) is 0 Å². The van der Waals surface area contributed by atoms with Crippen LogP contribution in [-0.4, -0.2) is 34.2 Å². The Kier molecular flexibility index (Phi) is 6.41. The average molecular weight is 382 g/mol. The summed E-state index contributed by atoms with van der Waals surface area (Å²) in [5.74, 6) is -0.551. The molecule has 148 valence electrons. The topological polar surface area (TPSA) is 52.0 Å². The second-order valence-electron chi connectivity index (χ2n) is 7.23. The number of halogens is 1. The Hall–Kier alpha value is -2.73. The van der Waals surface area contributed by atoms with Gasteiger partial charge in [-0.25, -0.2) is 9.67 Å². The van der Waals surface area contributed by atoms with E-state index in [-0.39, 0.29) is 0 Å². The molecule has 0 amide bonds. The van der Waals surface area contributed by atoms with Gasteiger partial charge in [0.15, 0.2) is 5.82 Å². The third-order valence-electron chi connectivity index (χ3n) is 4.28. The average Bonchev–Trinajstić information content (AvgIpc) is 3.15. The number of alkyl halides is 1. The predicted octanol–water partition coefficient (Wildman–Crippen LogP) is 4.56. The van der Waals surface area contributed by atoms with E-state index in [0.29, 0.717) is 11.6 Å². The van der Waals surface area contributed by atoms with Crippen molar-refractivity contribution < 1.29 is 9.13 Å². The van der Waals surface area contributed by atoms with Gasteiger partial charge in [-0.15, -0.1) is 5.10 Å². The molecular formula is C22H27FN4O. The largest absolute Gasteiger partial charge is 0.459 e. The molecule has 1 aromatic heterocycles. The number of hydrogen-bond acceptors (Lipinski definition) is 4. The standard InChI is InChI=1S/C22H27FN4O/c1-22(2,23)28-20-12-10-19(11-13-20)27-16-25-21(26-27)18-9-6-8-17(15-18)7-4-5-14-24-3/h6,8-13,15-16,24H,4-5,7,14H2,1-3H3. The highest BCUT2D eigenvalue weighted by atomic mass is 19.2. The van der Waals surface area contributed by atoms with Gasteiger partial charge < -0.3 is 10.1 Å². The van der Waals surface area contributed by atoms with Crippen LogP contribution in [-0.2, 0) is 6.42 Å². The first-order valence-corrected chi connectivity index (χ1v) is 9.58. The second kappa shape index (κ2) is 8.97. The second-order valence-corrected chi connectivity index (χ2v) is 7.23. The van der Waals surface area contributed by atoms with Crippen molar-refractivity contribution in [3.8, 4) is 22.8 Å². The summed E-state index contributed by atoms with van der Waals surface area (Å²) in [5.41, 5.74) is 3.13. The molecule has 2 aromatic carbocycles. The summed E-state index contributed by atoms with van der Waals surface area (Å²) in [6.45, 7) is 3.79. The number of benzene rings is 2. The van der Waals surface area contributed by atoms with Gasteiger partial charge in [-0.3, -0.25) is 0 Å². The number of ether oxygens (including phenoxy) is 1. The Morgan fingerprint density at radius 2 is 1.89 bits per heavy atom. The molecule has 1 heterocycles. The van der Waals surface area contributed by atoms with Gasteiger partial charge in [0.1, 0.15) is 12.1 Å². The molecule has 0 radical (unpaired) electrons. The van der Waals surface area contributed by atoms with Crippen LogP contribution < -0.4 is 10.1 Å². The third-order valence-corrected chi connectivity index (χ3v) is 4.28. The number of nitrogens with zero attached hydrogens (tertiary/aromatic N) is 3. The van der Waals surface area contributed by atoms with E-state index < -0.39 is 5.85 Å². The van der Waals surface area contributed by atoms with Gasteiger partial charge in [0.25, 0.3) is 0 Å². The van der Waals surface area contributed by atoms with Crippen LogP contribution in [0.4, 0.5) is 4.39 Å². The maximum atomic E-state index is 13.6. The van der Waals surface area contributed by atoms with Crippen LogP contribution in [0.1, 0.15) is 32.3 Å². The highest BCUT2D eigenvalue weighted by Gasteiger charge is 2.16. The normalized spacial score (nSPS) is 11.6. The molecule has 0 saturated carbocycles. The summed E-state index contributed by atoms with van der Waals surface area (Å²) in [6, 6.07) is 15.5. The molecular weight excluding hydrogens is 355 g/mol. The molecule has 0 saturated heterocycles. The van der Waals surface area contributed by atoms with Crippen LogP contribution in [0, 0.1) is 0 Å². The minimum atomic E-state index is -1.71. The van der Waals surface area contributed by atoms with Crippen LogP contribution in [0.3, 0.4) is 0 Å². The van der Waals surface area contributed by atoms with Gasteiger partial charge >= 0.3 is 0 Å². The summed E-state index contributed by atoms with van der Waals surface area (Å²) in [5, 5.41) is 7.76. The zero-order valence-electron chi connectivity index (χ0n) is 16.7. The molecule has 0 fully saturated rings. The molecule has 0 aliphatic carbocycles. The Bertz CT molecular complexity index is 884. The summed E-state index contributed by atoms with van der Waals surface area (Å²) in [6.07, 6.45) is 5.04. The molecule has 5 nitrogen and oxygen atoms in total. The van der Waals surface area contributed by atoms with E-state index in [2.05, 4.69) is 27.5 Å². The first-order chi connectivity index (χ1) is 13.4. The first-order valence-electron chi connectivity index (χ1n) is 9.58. The number of nitrogens with one attached hydrogen (secondary N) is 1. The number of hydrogen-bond donors (Lipinski definition) is 1. The van der Waals surface area contributed by atoms with Crippen molar-refractivity contribution in [1.29, 1.82) is 0 Å². The van der Waals surface area contributed by atoms with Gasteiger partial charge in [-0.1, -0.05) is 18.2 Å². The minimum absolute atomic E-state index is 0.475. The molecule has 0 bridgehead atoms. The Labute approximate surface area is 165 Å². The monoisotopic (exact) mass is 382 g/mol. The zero-order chi connectivity index (χ0) is 20.0. The maximum absolute atomic E-state index is 13.6. The quantitative estimate of drug-likeness (QED) is 0.551. The molecule has 3 rings (SSSR count). The van der Waals surface area contributed by atoms with Crippen molar-refractivity contribution in [3.63, 3.8) is 0 Å². The highest BCUT2D eigenvalue weighted by Crippen LogP contribution is 2.22. The Balaban J connectivity index is 1.70. The number of aryl methyl sites for hydroxylation is 1. The van der Waals surface area contributed by atoms with Crippen molar-refractivity contribution in [1.82, 2.24) is 20.1 Å². The number of rotatable bonds is 9. The lowest BCUT2D eigenvalue weighted by Crippen LogP contribution is -2.20. The summed E-state index contributed by atoms with van der Waals surface area (Å²) in [4.78, 5) is 4.45. The van der Waals surface area contributed by atoms with Crippen LogP contribution >= 0.6 is 0 Å². The van der Waals surface area contributed by atoms with E-state index in [1.54, 1.807) is 23.1 Å². The van der Waals surface area contributed by atoms with E-state index in [4.69, 9.17) is 4.74 Å². The molecule has 0 unspecified atom stereocenters. The van der Waals surface area contributed by atoms with E-state index in [0.717, 1.165) is 37.1 Å². The van der Waals surface area contributed by atoms with Crippen LogP contribution in [0.2, 0.25) is 0 Å². The van der Waals surface area contributed by atoms with Gasteiger partial charge in [-0.2, -0.15) is 4.39 Å². The van der Waals surface area contributed by atoms with E-state index >= 15 is 0 Å². The van der Waals surface area contributed by atoms with Gasteiger partial charge in [-0.05, 0) is 68.8 Å². The summed E-state index contributed by atoms with van der Waals surface area (Å²) >= 11 is 0. The fourth-order valence-corrected chi connectivity index (χ4v) is 2.96. The molecule has 1 N–H and O–H groups in total. The first kappa shape index (κ1) is 20.0. The summed E-state index contributed by atoms with van der Waals surface area (Å²) < 4.78 is 20.5. The molecule has 3 aromatic rings. The van der Waals surface area contributed by atoms with E-state index in [1.165, 1.54) is 19.4 Å².